The van der Waals surface area contributed by atoms with Crippen molar-refractivity contribution in [2.24, 2.45) is 0 Å². The quantitative estimate of drug-likeness (QED) is 0.677. The van der Waals surface area contributed by atoms with Gasteiger partial charge in [0.1, 0.15) is 17.3 Å². The summed E-state index contributed by atoms with van der Waals surface area (Å²) >= 11 is 5.88. The van der Waals surface area contributed by atoms with E-state index < -0.39 is 16.6 Å². The number of nitrogens with zero attached hydrogens (tertiary/aromatic N) is 1. The third kappa shape index (κ3) is 3.70. The second-order valence-electron chi connectivity index (χ2n) is 4.30. The minimum absolute atomic E-state index is 0.00459. The van der Waals surface area contributed by atoms with Crippen LogP contribution in [0.3, 0.4) is 0 Å². The van der Waals surface area contributed by atoms with E-state index in [-0.39, 0.29) is 27.9 Å². The molecule has 0 fully saturated rings. The van der Waals surface area contributed by atoms with Crippen molar-refractivity contribution >= 4 is 28.9 Å². The molecule has 8 heteroatoms. The van der Waals surface area contributed by atoms with Crippen molar-refractivity contribution in [3.63, 3.8) is 0 Å². The topological polar surface area (TPSA) is 81.5 Å². The molecule has 0 unspecified atom stereocenters. The number of hydrogen-bond acceptors (Lipinski definition) is 4. The van der Waals surface area contributed by atoms with Crippen molar-refractivity contribution in [2.75, 3.05) is 5.32 Å². The van der Waals surface area contributed by atoms with Crippen molar-refractivity contribution in [1.29, 1.82) is 0 Å². The number of halogens is 2. The number of non-ortho nitro benzene ring substituents is 1. The van der Waals surface area contributed by atoms with E-state index >= 15 is 0 Å². The van der Waals surface area contributed by atoms with Gasteiger partial charge < -0.3 is 10.1 Å². The molecule has 0 spiro atoms. The summed E-state index contributed by atoms with van der Waals surface area (Å²) in [5.74, 6) is -0.743. The zero-order valence-corrected chi connectivity index (χ0v) is 12.1. The first-order chi connectivity index (χ1) is 10.4. The van der Waals surface area contributed by atoms with Gasteiger partial charge in [0.05, 0.1) is 15.6 Å². The Morgan fingerprint density at radius 2 is 1.95 bits per heavy atom. The Balaban J connectivity index is 2.28. The molecule has 0 aliphatic rings. The lowest BCUT2D eigenvalue weighted by Gasteiger charge is -2.11. The molecule has 2 rings (SSSR count). The second kappa shape index (κ2) is 6.40. The van der Waals surface area contributed by atoms with Gasteiger partial charge in [-0.05, 0) is 18.2 Å². The summed E-state index contributed by atoms with van der Waals surface area (Å²) in [6.07, 6.45) is 0. The molecule has 0 radical (unpaired) electrons. The van der Waals surface area contributed by atoms with E-state index in [9.17, 15) is 19.3 Å². The van der Waals surface area contributed by atoms with Crippen LogP contribution in [0.1, 0.15) is 6.92 Å². The van der Waals surface area contributed by atoms with E-state index in [0.717, 1.165) is 6.07 Å². The van der Waals surface area contributed by atoms with Crippen molar-refractivity contribution in [2.45, 2.75) is 6.92 Å². The van der Waals surface area contributed by atoms with Crippen molar-refractivity contribution in [3.05, 3.63) is 57.4 Å². The zero-order valence-electron chi connectivity index (χ0n) is 11.3. The molecule has 0 saturated heterocycles. The van der Waals surface area contributed by atoms with Crippen LogP contribution in [0, 0.1) is 15.9 Å². The number of anilines is 1. The highest BCUT2D eigenvalue weighted by Gasteiger charge is 2.12. The minimum Gasteiger partial charge on any atom is -0.456 e. The average Bonchev–Trinajstić information content (AvgIpc) is 2.44. The van der Waals surface area contributed by atoms with Crippen molar-refractivity contribution in [1.82, 2.24) is 0 Å². The second-order valence-corrected chi connectivity index (χ2v) is 4.70. The number of benzene rings is 2. The summed E-state index contributed by atoms with van der Waals surface area (Å²) in [6, 6.07) is 7.54. The molecular weight excluding hydrogens is 315 g/mol. The SMILES string of the molecule is CC(=O)Nc1cc(Oc2ccc([N+](=O)[O-])cc2)c(Cl)cc1F. The maximum Gasteiger partial charge on any atom is 0.269 e. The molecule has 1 N–H and O–H groups in total. The van der Waals surface area contributed by atoms with Crippen LogP contribution in [0.15, 0.2) is 36.4 Å². The number of amides is 1. The molecule has 0 bridgehead atoms. The lowest BCUT2D eigenvalue weighted by molar-refractivity contribution is -0.384. The molecule has 0 heterocycles. The summed E-state index contributed by atoms with van der Waals surface area (Å²) in [5, 5.41) is 12.9. The first-order valence-electron chi connectivity index (χ1n) is 6.06. The summed E-state index contributed by atoms with van der Waals surface area (Å²) in [4.78, 5) is 21.0. The molecular formula is C14H10ClFN2O4. The minimum atomic E-state index is -0.698. The third-order valence-corrected chi connectivity index (χ3v) is 2.90. The Morgan fingerprint density at radius 1 is 1.32 bits per heavy atom. The molecule has 6 nitrogen and oxygen atoms in total. The highest BCUT2D eigenvalue weighted by atomic mass is 35.5. The third-order valence-electron chi connectivity index (χ3n) is 2.61. The molecule has 22 heavy (non-hydrogen) atoms. The molecule has 1 amide bonds. The monoisotopic (exact) mass is 324 g/mol. The van der Waals surface area contributed by atoms with Gasteiger partial charge in [0, 0.05) is 25.1 Å². The lowest BCUT2D eigenvalue weighted by Crippen LogP contribution is -2.07. The molecule has 0 aromatic heterocycles. The number of carbonyl (C=O) groups is 1. The Hall–Kier alpha value is -2.67. The highest BCUT2D eigenvalue weighted by Crippen LogP contribution is 2.34. The predicted molar refractivity (Wildman–Crippen MR) is 78.9 cm³/mol. The predicted octanol–water partition coefficient (Wildman–Crippen LogP) is 4.14. The van der Waals surface area contributed by atoms with E-state index in [4.69, 9.17) is 16.3 Å². The molecule has 2 aromatic carbocycles. The fraction of sp³-hybridized carbons (Fsp3) is 0.0714. The maximum absolute atomic E-state index is 13.6. The lowest BCUT2D eigenvalue weighted by atomic mass is 10.2. The van der Waals surface area contributed by atoms with Crippen LogP contribution in [0.4, 0.5) is 15.8 Å². The number of rotatable bonds is 4. The van der Waals surface area contributed by atoms with E-state index in [1.54, 1.807) is 0 Å². The summed E-state index contributed by atoms with van der Waals surface area (Å²) < 4.78 is 19.1. The number of nitro groups is 1. The van der Waals surface area contributed by atoms with Gasteiger partial charge in [-0.25, -0.2) is 4.39 Å². The number of nitro benzene ring substituents is 1. The van der Waals surface area contributed by atoms with Gasteiger partial charge in [-0.1, -0.05) is 11.6 Å². The summed E-state index contributed by atoms with van der Waals surface area (Å²) in [7, 11) is 0. The normalized spacial score (nSPS) is 10.1. The van der Waals surface area contributed by atoms with Gasteiger partial charge in [0.25, 0.3) is 5.69 Å². The molecule has 2 aromatic rings. The molecule has 0 aliphatic carbocycles. The Kier molecular flexibility index (Phi) is 4.57. The van der Waals surface area contributed by atoms with Crippen LogP contribution in [0.5, 0.6) is 11.5 Å². The standard InChI is InChI=1S/C14H10ClFN2O4/c1-8(19)17-13-7-14(11(15)6-12(13)16)22-10-4-2-9(3-5-10)18(20)21/h2-7H,1H3,(H,17,19). The van der Waals surface area contributed by atoms with Crippen LogP contribution in [-0.2, 0) is 4.79 Å². The summed E-state index contributed by atoms with van der Waals surface area (Å²) in [6.45, 7) is 1.24. The van der Waals surface area contributed by atoms with Crippen molar-refractivity contribution in [3.8, 4) is 11.5 Å². The fourth-order valence-corrected chi connectivity index (χ4v) is 1.84. The van der Waals surface area contributed by atoms with Crippen LogP contribution >= 0.6 is 11.6 Å². The van der Waals surface area contributed by atoms with Crippen molar-refractivity contribution < 1.29 is 18.8 Å². The first kappa shape index (κ1) is 15.7. The Morgan fingerprint density at radius 3 is 2.50 bits per heavy atom. The van der Waals surface area contributed by atoms with Gasteiger partial charge in [0.15, 0.2) is 0 Å². The molecule has 0 atom stereocenters. The van der Waals surface area contributed by atoms with Gasteiger partial charge >= 0.3 is 0 Å². The number of nitrogens with one attached hydrogen (secondary N) is 1. The van der Waals surface area contributed by atoms with Gasteiger partial charge in [-0.15, -0.1) is 0 Å². The van der Waals surface area contributed by atoms with E-state index in [1.165, 1.54) is 37.3 Å². The number of hydrogen-bond donors (Lipinski definition) is 1. The number of carbonyl (C=O) groups excluding carboxylic acids is 1. The van der Waals surface area contributed by atoms with E-state index in [0.29, 0.717) is 0 Å². The van der Waals surface area contributed by atoms with Gasteiger partial charge in [-0.3, -0.25) is 14.9 Å². The zero-order chi connectivity index (χ0) is 16.3. The molecule has 0 aliphatic heterocycles. The maximum atomic E-state index is 13.6. The number of ether oxygens (including phenoxy) is 1. The molecule has 0 saturated carbocycles. The van der Waals surface area contributed by atoms with Crippen LogP contribution in [0.25, 0.3) is 0 Å². The fourth-order valence-electron chi connectivity index (χ4n) is 1.66. The Bertz CT molecular complexity index is 734. The van der Waals surface area contributed by atoms with Crippen LogP contribution in [-0.4, -0.2) is 10.8 Å². The Labute approximate surface area is 129 Å². The smallest absolute Gasteiger partial charge is 0.269 e. The highest BCUT2D eigenvalue weighted by molar-refractivity contribution is 6.32. The first-order valence-corrected chi connectivity index (χ1v) is 6.43. The van der Waals surface area contributed by atoms with E-state index in [2.05, 4.69) is 5.32 Å². The van der Waals surface area contributed by atoms with E-state index in [1.807, 2.05) is 0 Å². The van der Waals surface area contributed by atoms with Crippen LogP contribution in [0.2, 0.25) is 5.02 Å². The van der Waals surface area contributed by atoms with Gasteiger partial charge in [0.2, 0.25) is 5.91 Å². The van der Waals surface area contributed by atoms with Crippen LogP contribution < -0.4 is 10.1 Å². The average molecular weight is 325 g/mol. The summed E-state index contributed by atoms with van der Waals surface area (Å²) in [5.41, 5.74) is -0.162. The largest absolute Gasteiger partial charge is 0.456 e. The van der Waals surface area contributed by atoms with Gasteiger partial charge in [-0.2, -0.15) is 0 Å². The molecule has 114 valence electrons.